The van der Waals surface area contributed by atoms with Gasteiger partial charge < -0.3 is 9.47 Å². The molecule has 0 aliphatic rings. The number of likely N-dealkylation sites (N-methyl/N-ethyl adjacent to an activating group) is 1. The largest absolute Gasteiger partial charge is 0.332 e. The number of hydrogen-bond donors (Lipinski definition) is 0. The van der Waals surface area contributed by atoms with Gasteiger partial charge in [-0.15, -0.1) is 0 Å². The molecule has 0 saturated heterocycles. The quantitative estimate of drug-likeness (QED) is 0.701. The van der Waals surface area contributed by atoms with Crippen molar-refractivity contribution in [1.29, 1.82) is 0 Å². The summed E-state index contributed by atoms with van der Waals surface area (Å²) in [6.07, 6.45) is 1.42. The van der Waals surface area contributed by atoms with E-state index in [2.05, 4.69) is 4.98 Å². The molecule has 25 heavy (non-hydrogen) atoms. The van der Waals surface area contributed by atoms with Crippen molar-refractivity contribution < 1.29 is 4.79 Å². The summed E-state index contributed by atoms with van der Waals surface area (Å²) in [4.78, 5) is 43.0. The van der Waals surface area contributed by atoms with Gasteiger partial charge in [-0.25, -0.2) is 9.78 Å². The van der Waals surface area contributed by atoms with Crippen LogP contribution in [0, 0.1) is 0 Å². The van der Waals surface area contributed by atoms with E-state index in [9.17, 15) is 14.4 Å². The van der Waals surface area contributed by atoms with Crippen molar-refractivity contribution >= 4 is 22.8 Å². The van der Waals surface area contributed by atoms with Gasteiger partial charge in [-0.3, -0.25) is 18.7 Å². The highest BCUT2D eigenvalue weighted by Crippen LogP contribution is 2.19. The van der Waals surface area contributed by atoms with Crippen LogP contribution < -0.4 is 16.1 Å². The first kappa shape index (κ1) is 16.7. The molecule has 0 N–H and O–H groups in total. The highest BCUT2D eigenvalue weighted by molar-refractivity contribution is 5.96. The maximum atomic E-state index is 12.8. The predicted molar refractivity (Wildman–Crippen MR) is 94.8 cm³/mol. The molecule has 8 nitrogen and oxygen atoms in total. The van der Waals surface area contributed by atoms with Crippen molar-refractivity contribution in [2.45, 2.75) is 13.0 Å². The van der Waals surface area contributed by atoms with Crippen LogP contribution in [0.1, 0.15) is 13.0 Å². The third-order valence-corrected chi connectivity index (χ3v) is 4.42. The molecule has 0 aliphatic carbocycles. The van der Waals surface area contributed by atoms with E-state index in [0.717, 1.165) is 10.3 Å². The second-order valence-electron chi connectivity index (χ2n) is 5.94. The first-order valence-corrected chi connectivity index (χ1v) is 7.79. The number of hydrogen-bond acceptors (Lipinski definition) is 4. The molecular formula is C17H19N5O3. The maximum absolute atomic E-state index is 12.8. The number of amides is 1. The fourth-order valence-electron chi connectivity index (χ4n) is 2.84. The fraction of sp³-hybridized carbons (Fsp3) is 0.294. The molecular weight excluding hydrogens is 322 g/mol. The monoisotopic (exact) mass is 341 g/mol. The summed E-state index contributed by atoms with van der Waals surface area (Å²) in [6.45, 7) is 1.70. The van der Waals surface area contributed by atoms with Crippen molar-refractivity contribution in [3.63, 3.8) is 0 Å². The molecule has 130 valence electrons. The molecule has 0 spiro atoms. The molecule has 8 heteroatoms. The molecule has 0 fully saturated rings. The van der Waals surface area contributed by atoms with Crippen LogP contribution in [0.3, 0.4) is 0 Å². The van der Waals surface area contributed by atoms with E-state index in [1.54, 1.807) is 21.0 Å². The molecule has 2 aromatic heterocycles. The molecule has 2 heterocycles. The molecule has 1 amide bonds. The molecule has 0 bridgehead atoms. The minimum Gasteiger partial charge on any atom is -0.314 e. The number of imidazole rings is 1. The topological polar surface area (TPSA) is 82.1 Å². The number of aromatic nitrogens is 4. The zero-order valence-corrected chi connectivity index (χ0v) is 14.5. The van der Waals surface area contributed by atoms with E-state index >= 15 is 0 Å². The van der Waals surface area contributed by atoms with E-state index in [-0.39, 0.29) is 17.1 Å². The highest BCUT2D eigenvalue weighted by atomic mass is 16.2. The van der Waals surface area contributed by atoms with E-state index in [1.807, 2.05) is 30.3 Å². The Balaban J connectivity index is 2.09. The number of rotatable bonds is 3. The molecule has 3 aromatic rings. The van der Waals surface area contributed by atoms with Crippen molar-refractivity contribution in [2.75, 3.05) is 11.9 Å². The van der Waals surface area contributed by atoms with Crippen molar-refractivity contribution in [3.8, 4) is 0 Å². The van der Waals surface area contributed by atoms with Crippen LogP contribution >= 0.6 is 0 Å². The number of benzene rings is 1. The smallest absolute Gasteiger partial charge is 0.314 e. The van der Waals surface area contributed by atoms with Crippen molar-refractivity contribution in [1.82, 2.24) is 18.7 Å². The van der Waals surface area contributed by atoms with Crippen LogP contribution in [-0.2, 0) is 18.9 Å². The van der Waals surface area contributed by atoms with Gasteiger partial charge in [0.1, 0.15) is 6.04 Å². The second kappa shape index (κ2) is 6.04. The third kappa shape index (κ3) is 2.55. The number of carbonyl (C=O) groups is 1. The Bertz CT molecular complexity index is 1060. The predicted octanol–water partition coefficient (Wildman–Crippen LogP) is 0.658. The molecule has 0 saturated carbocycles. The normalized spacial score (nSPS) is 12.3. The number of carbonyl (C=O) groups excluding carboxylic acids is 1. The van der Waals surface area contributed by atoms with Crippen molar-refractivity contribution in [3.05, 3.63) is 57.5 Å². The van der Waals surface area contributed by atoms with Gasteiger partial charge in [0.2, 0.25) is 5.91 Å². The summed E-state index contributed by atoms with van der Waals surface area (Å²) < 4.78 is 3.82. The van der Waals surface area contributed by atoms with Crippen LogP contribution in [0.25, 0.3) is 11.2 Å². The summed E-state index contributed by atoms with van der Waals surface area (Å²) in [5, 5.41) is 0. The lowest BCUT2D eigenvalue weighted by molar-refractivity contribution is -0.120. The van der Waals surface area contributed by atoms with Gasteiger partial charge in [-0.1, -0.05) is 18.2 Å². The van der Waals surface area contributed by atoms with Gasteiger partial charge in [0.15, 0.2) is 11.2 Å². The average Bonchev–Trinajstić information content (AvgIpc) is 3.08. The molecule has 0 radical (unpaired) electrons. The Morgan fingerprint density at radius 2 is 1.76 bits per heavy atom. The first-order chi connectivity index (χ1) is 11.8. The number of aryl methyl sites for hydroxylation is 1. The summed E-state index contributed by atoms with van der Waals surface area (Å²) in [5.41, 5.74) is 0.312. The Labute approximate surface area is 143 Å². The van der Waals surface area contributed by atoms with Gasteiger partial charge in [0.25, 0.3) is 5.56 Å². The molecule has 1 atom stereocenters. The lowest BCUT2D eigenvalue weighted by Crippen LogP contribution is -2.39. The van der Waals surface area contributed by atoms with Crippen LogP contribution in [0.15, 0.2) is 46.2 Å². The maximum Gasteiger partial charge on any atom is 0.332 e. The van der Waals surface area contributed by atoms with Gasteiger partial charge in [-0.05, 0) is 19.1 Å². The zero-order valence-electron chi connectivity index (χ0n) is 14.5. The third-order valence-electron chi connectivity index (χ3n) is 4.42. The second-order valence-corrected chi connectivity index (χ2v) is 5.94. The first-order valence-electron chi connectivity index (χ1n) is 7.79. The van der Waals surface area contributed by atoms with E-state index in [4.69, 9.17) is 0 Å². The number of nitrogens with zero attached hydrogens (tertiary/aromatic N) is 5. The Hall–Kier alpha value is -3.16. The summed E-state index contributed by atoms with van der Waals surface area (Å²) >= 11 is 0. The summed E-state index contributed by atoms with van der Waals surface area (Å²) in [7, 11) is 4.63. The van der Waals surface area contributed by atoms with Gasteiger partial charge in [-0.2, -0.15) is 0 Å². The van der Waals surface area contributed by atoms with Crippen LogP contribution in [-0.4, -0.2) is 31.6 Å². The highest BCUT2D eigenvalue weighted by Gasteiger charge is 2.24. The lowest BCUT2D eigenvalue weighted by Gasteiger charge is -2.22. The Morgan fingerprint density at radius 3 is 2.40 bits per heavy atom. The van der Waals surface area contributed by atoms with Gasteiger partial charge >= 0.3 is 5.69 Å². The standard InChI is InChI=1S/C17H19N5O3/c1-11(15(23)19(2)12-8-6-5-7-9-12)22-10-18-14-13(22)16(24)21(4)17(25)20(14)3/h5-11H,1-4H3/t11-/m1/s1. The summed E-state index contributed by atoms with van der Waals surface area (Å²) in [5.74, 6) is -0.193. The summed E-state index contributed by atoms with van der Waals surface area (Å²) in [6, 6.07) is 8.59. The minimum atomic E-state index is -0.652. The molecule has 3 rings (SSSR count). The van der Waals surface area contributed by atoms with E-state index in [1.165, 1.54) is 27.4 Å². The molecule has 0 unspecified atom stereocenters. The molecule has 1 aromatic carbocycles. The van der Waals surface area contributed by atoms with Crippen LogP contribution in [0.4, 0.5) is 5.69 Å². The Kier molecular flexibility index (Phi) is 4.03. The van der Waals surface area contributed by atoms with Crippen molar-refractivity contribution in [2.24, 2.45) is 14.1 Å². The van der Waals surface area contributed by atoms with Gasteiger partial charge in [0.05, 0.1) is 6.33 Å². The van der Waals surface area contributed by atoms with E-state index in [0.29, 0.717) is 0 Å². The number of fused-ring (bicyclic) bond motifs is 1. The minimum absolute atomic E-state index is 0.193. The van der Waals surface area contributed by atoms with E-state index < -0.39 is 17.3 Å². The Morgan fingerprint density at radius 1 is 1.12 bits per heavy atom. The number of anilines is 1. The molecule has 0 aliphatic heterocycles. The van der Waals surface area contributed by atoms with Crippen LogP contribution in [0.5, 0.6) is 0 Å². The zero-order chi connectivity index (χ0) is 18.3. The van der Waals surface area contributed by atoms with Crippen LogP contribution in [0.2, 0.25) is 0 Å². The fourth-order valence-corrected chi connectivity index (χ4v) is 2.84. The SMILES string of the molecule is C[C@H](C(=O)N(C)c1ccccc1)n1cnc2c1c(=O)n(C)c(=O)n2C. The number of para-hydroxylation sites is 1. The average molecular weight is 341 g/mol. The van der Waals surface area contributed by atoms with Gasteiger partial charge in [0, 0.05) is 26.8 Å². The lowest BCUT2D eigenvalue weighted by atomic mass is 10.2.